The molecule has 1 amide bonds. The Morgan fingerprint density at radius 1 is 1.19 bits per heavy atom. The molecule has 0 saturated heterocycles. The Hall–Kier alpha value is -0.470. The summed E-state index contributed by atoms with van der Waals surface area (Å²) in [4.78, 5) is 14.0. The Labute approximate surface area is 171 Å². The van der Waals surface area contributed by atoms with Gasteiger partial charge in [-0.1, -0.05) is 53.7 Å². The molecule has 26 heavy (non-hydrogen) atoms. The van der Waals surface area contributed by atoms with Crippen molar-refractivity contribution in [1.82, 2.24) is 4.31 Å². The molecule has 0 saturated carbocycles. The van der Waals surface area contributed by atoms with Crippen LogP contribution in [0.1, 0.15) is 89.5 Å². The molecule has 0 aliphatic carbocycles. The molecule has 6 heteroatoms. The van der Waals surface area contributed by atoms with Crippen molar-refractivity contribution >= 4 is 34.4 Å². The highest BCUT2D eigenvalue weighted by Gasteiger charge is 2.45. The molecule has 1 aromatic carbocycles. The number of hydrogen-bond acceptors (Lipinski definition) is 3. The van der Waals surface area contributed by atoms with Crippen molar-refractivity contribution < 1.29 is 9.00 Å². The highest BCUT2D eigenvalue weighted by molar-refractivity contribution is 14.2. The molecule has 4 nitrogen and oxygen atoms in total. The number of hydrogen-bond donors (Lipinski definition) is 2. The largest absolute Gasteiger partial charge is 0.320 e. The zero-order chi connectivity index (χ0) is 20.0. The van der Waals surface area contributed by atoms with Gasteiger partial charge < -0.3 is 5.73 Å². The first kappa shape index (κ1) is 21.8. The maximum Gasteiger partial charge on any atom is 0.251 e. The minimum Gasteiger partial charge on any atom is -0.320 e. The second kappa shape index (κ2) is 7.87. The standard InChI is InChI=1S/C20H33IN2O2S/c1-11(2)8-18(22)20(24)23-14(7)17-10-15(12(3)4)9-16(13(5)6)19(17)26(23,21)25/h9-14,18,26H,8,22H2,1-7H3/t14?,18-/m0/s1. The van der Waals surface area contributed by atoms with Crippen LogP contribution in [0.15, 0.2) is 17.0 Å². The molecular formula is C20H33IN2O2S. The van der Waals surface area contributed by atoms with Gasteiger partial charge in [-0.3, -0.25) is 13.3 Å². The zero-order valence-electron chi connectivity index (χ0n) is 16.9. The molecule has 148 valence electrons. The number of carbonyl (C=O) groups is 1. The molecule has 0 spiro atoms. The van der Waals surface area contributed by atoms with Gasteiger partial charge in [-0.15, -0.1) is 0 Å². The lowest BCUT2D eigenvalue weighted by Crippen LogP contribution is -2.46. The topological polar surface area (TPSA) is 63.4 Å². The summed E-state index contributed by atoms with van der Waals surface area (Å²) in [7, 11) is -3.02. The number of nitrogens with zero attached hydrogens (tertiary/aromatic N) is 1. The van der Waals surface area contributed by atoms with E-state index >= 15 is 0 Å². The first-order valence-corrected chi connectivity index (χ1v) is 13.9. The molecule has 1 aliphatic heterocycles. The smallest absolute Gasteiger partial charge is 0.251 e. The van der Waals surface area contributed by atoms with Gasteiger partial charge in [0.25, 0.3) is 5.91 Å². The average Bonchev–Trinajstić information content (AvgIpc) is 2.71. The van der Waals surface area contributed by atoms with Crippen LogP contribution in [-0.4, -0.2) is 20.5 Å². The van der Waals surface area contributed by atoms with E-state index in [0.717, 1.165) is 16.0 Å². The molecule has 2 atom stereocenters. The summed E-state index contributed by atoms with van der Waals surface area (Å²) in [6, 6.07) is 3.49. The highest BCUT2D eigenvalue weighted by Crippen LogP contribution is 2.51. The Bertz CT molecular complexity index is 746. The number of nitrogens with two attached hydrogens (primary N) is 1. The zero-order valence-corrected chi connectivity index (χ0v) is 20.0. The molecule has 1 aliphatic rings. The lowest BCUT2D eigenvalue weighted by molar-refractivity contribution is -0.129. The quantitative estimate of drug-likeness (QED) is 0.351. The van der Waals surface area contributed by atoms with Crippen LogP contribution >= 0.6 is 21.2 Å². The molecule has 1 heterocycles. The minimum atomic E-state index is -3.02. The van der Waals surface area contributed by atoms with Crippen molar-refractivity contribution in [3.63, 3.8) is 0 Å². The van der Waals surface area contributed by atoms with E-state index in [4.69, 9.17) is 5.73 Å². The normalized spacial score (nSPS) is 21.4. The Kier molecular flexibility index (Phi) is 6.61. The molecule has 0 bridgehead atoms. The van der Waals surface area contributed by atoms with Crippen LogP contribution in [0, 0.1) is 5.92 Å². The van der Waals surface area contributed by atoms with Crippen molar-refractivity contribution in [2.24, 2.45) is 11.7 Å². The van der Waals surface area contributed by atoms with Gasteiger partial charge in [0.2, 0.25) is 0 Å². The van der Waals surface area contributed by atoms with Gasteiger partial charge in [0, 0.05) is 33.4 Å². The number of fused-ring (bicyclic) bond motifs is 1. The summed E-state index contributed by atoms with van der Waals surface area (Å²) in [5.74, 6) is 0.756. The number of benzene rings is 1. The van der Waals surface area contributed by atoms with Crippen molar-refractivity contribution in [3.8, 4) is 0 Å². The Morgan fingerprint density at radius 3 is 2.23 bits per heavy atom. The molecule has 0 aromatic heterocycles. The monoisotopic (exact) mass is 492 g/mol. The number of halogens is 1. The molecule has 2 N–H and O–H groups in total. The second-order valence-corrected chi connectivity index (χ2v) is 14.3. The van der Waals surface area contributed by atoms with E-state index in [0.29, 0.717) is 18.3 Å². The van der Waals surface area contributed by atoms with Crippen molar-refractivity contribution in [1.29, 1.82) is 0 Å². The highest BCUT2D eigenvalue weighted by atomic mass is 127. The molecule has 0 radical (unpaired) electrons. The van der Waals surface area contributed by atoms with Crippen LogP contribution in [0.2, 0.25) is 0 Å². The van der Waals surface area contributed by atoms with Crippen molar-refractivity contribution in [3.05, 3.63) is 28.8 Å². The van der Waals surface area contributed by atoms with E-state index in [-0.39, 0.29) is 17.9 Å². The molecule has 1 aromatic rings. The number of thiol groups is 1. The summed E-state index contributed by atoms with van der Waals surface area (Å²) in [6.07, 6.45) is 0.601. The summed E-state index contributed by atoms with van der Waals surface area (Å²) < 4.78 is 15.4. The summed E-state index contributed by atoms with van der Waals surface area (Å²) in [6.45, 7) is 14.6. The van der Waals surface area contributed by atoms with Crippen LogP contribution in [-0.2, 0) is 12.1 Å². The van der Waals surface area contributed by atoms with E-state index in [1.165, 1.54) is 5.56 Å². The van der Waals surface area contributed by atoms with Gasteiger partial charge in [-0.25, -0.2) is 0 Å². The number of carbonyl (C=O) groups excluding carboxylic acids is 1. The minimum absolute atomic E-state index is 0.194. The van der Waals surface area contributed by atoms with Crippen molar-refractivity contribution in [2.45, 2.75) is 83.7 Å². The van der Waals surface area contributed by atoms with E-state index in [1.807, 2.05) is 42.0 Å². The third-order valence-corrected chi connectivity index (χ3v) is 10.1. The Balaban J connectivity index is 2.60. The summed E-state index contributed by atoms with van der Waals surface area (Å²) in [5, 5.41) is 0. The number of rotatable bonds is 5. The van der Waals surface area contributed by atoms with Crippen LogP contribution in [0.4, 0.5) is 0 Å². The molecular weight excluding hydrogens is 459 g/mol. The first-order valence-electron chi connectivity index (χ1n) is 9.46. The summed E-state index contributed by atoms with van der Waals surface area (Å²) in [5.41, 5.74) is 9.54. The van der Waals surface area contributed by atoms with Crippen LogP contribution in [0.3, 0.4) is 0 Å². The van der Waals surface area contributed by atoms with E-state index in [1.54, 1.807) is 4.31 Å². The van der Waals surface area contributed by atoms with E-state index < -0.39 is 13.3 Å². The van der Waals surface area contributed by atoms with E-state index in [9.17, 15) is 9.00 Å². The molecule has 2 rings (SSSR count). The van der Waals surface area contributed by atoms with Gasteiger partial charge in [0.15, 0.2) is 0 Å². The van der Waals surface area contributed by atoms with Gasteiger partial charge in [0.05, 0.1) is 12.1 Å². The lowest BCUT2D eigenvalue weighted by Gasteiger charge is -2.32. The third-order valence-electron chi connectivity index (χ3n) is 5.12. The van der Waals surface area contributed by atoms with Gasteiger partial charge >= 0.3 is 0 Å². The fourth-order valence-corrected chi connectivity index (χ4v) is 9.50. The van der Waals surface area contributed by atoms with Gasteiger partial charge in [0.1, 0.15) is 0 Å². The second-order valence-electron chi connectivity index (χ2n) is 8.45. The number of amides is 1. The summed E-state index contributed by atoms with van der Waals surface area (Å²) >= 11 is 2.01. The van der Waals surface area contributed by atoms with Crippen LogP contribution < -0.4 is 5.73 Å². The third kappa shape index (κ3) is 3.87. The average molecular weight is 492 g/mol. The fraction of sp³-hybridized carbons (Fsp3) is 0.650. The van der Waals surface area contributed by atoms with Crippen LogP contribution in [0.5, 0.6) is 0 Å². The fourth-order valence-electron chi connectivity index (χ4n) is 3.67. The molecule has 0 fully saturated rings. The SMILES string of the molecule is CC(C)C[C@H](N)C(=O)N1C(C)c2cc(C(C)C)cc(C(C)C)c2[SH]1(=O)I. The Morgan fingerprint density at radius 2 is 1.77 bits per heavy atom. The van der Waals surface area contributed by atoms with Crippen LogP contribution in [0.25, 0.3) is 0 Å². The predicted octanol–water partition coefficient (Wildman–Crippen LogP) is 4.85. The maximum absolute atomic E-state index is 13.9. The van der Waals surface area contributed by atoms with Gasteiger partial charge in [-0.05, 0) is 47.8 Å². The van der Waals surface area contributed by atoms with E-state index in [2.05, 4.69) is 39.8 Å². The van der Waals surface area contributed by atoms with Gasteiger partial charge in [-0.2, -0.15) is 0 Å². The maximum atomic E-state index is 13.9. The lowest BCUT2D eigenvalue weighted by atomic mass is 9.91. The van der Waals surface area contributed by atoms with Crippen molar-refractivity contribution in [2.75, 3.05) is 0 Å². The molecule has 1 unspecified atom stereocenters. The first-order chi connectivity index (χ1) is 11.9. The predicted molar refractivity (Wildman–Crippen MR) is 119 cm³/mol.